The first-order valence-corrected chi connectivity index (χ1v) is 6.75. The number of aromatic nitrogens is 1. The molecule has 0 bridgehead atoms. The minimum absolute atomic E-state index is 0. The van der Waals surface area contributed by atoms with Crippen molar-refractivity contribution < 1.29 is 4.39 Å². The second-order valence-electron chi connectivity index (χ2n) is 5.38. The molecule has 2 aromatic rings. The smallest absolute Gasteiger partial charge is 0.125 e. The molecule has 1 fully saturated rings. The zero-order valence-electron chi connectivity index (χ0n) is 11.0. The average molecular weight is 294 g/mol. The van der Waals surface area contributed by atoms with Crippen LogP contribution in [0.2, 0.25) is 0 Å². The molecule has 0 radical (unpaired) electrons. The molecule has 0 unspecified atom stereocenters. The Morgan fingerprint density at radius 1 is 1.15 bits per heavy atom. The average Bonchev–Trinajstić information content (AvgIpc) is 2.90. The molecule has 0 saturated carbocycles. The van der Waals surface area contributed by atoms with Crippen LogP contribution in [-0.4, -0.2) is 17.7 Å². The van der Waals surface area contributed by atoms with Gasteiger partial charge in [-0.25, -0.2) is 4.39 Å². The van der Waals surface area contributed by atoms with Gasteiger partial charge in [0, 0.05) is 11.9 Å². The lowest BCUT2D eigenvalue weighted by atomic mass is 9.83. The number of halogens is 2. The number of nitrogens with zero attached hydrogens (tertiary/aromatic N) is 1. The van der Waals surface area contributed by atoms with Crippen molar-refractivity contribution >= 4 is 18.1 Å². The van der Waals surface area contributed by atoms with Gasteiger partial charge in [0.05, 0.1) is 16.9 Å². The van der Waals surface area contributed by atoms with Gasteiger partial charge in [0.1, 0.15) is 5.82 Å². The van der Waals surface area contributed by atoms with E-state index in [2.05, 4.69) is 33.5 Å². The fourth-order valence-corrected chi connectivity index (χ4v) is 3.36. The minimum Gasteiger partial charge on any atom is -0.372 e. The lowest BCUT2D eigenvalue weighted by Crippen LogP contribution is -2.48. The van der Waals surface area contributed by atoms with Crippen LogP contribution in [0, 0.1) is 5.82 Å². The molecule has 0 atom stereocenters. The van der Waals surface area contributed by atoms with Crippen LogP contribution < -0.4 is 10.6 Å². The van der Waals surface area contributed by atoms with Gasteiger partial charge in [-0.05, 0) is 56.3 Å². The van der Waals surface area contributed by atoms with Gasteiger partial charge in [0.2, 0.25) is 0 Å². The van der Waals surface area contributed by atoms with Crippen molar-refractivity contribution in [2.75, 3.05) is 18.4 Å². The fraction of sp³-hybridized carbons (Fsp3) is 0.333. The normalized spacial score (nSPS) is 18.6. The molecule has 1 spiro atoms. The third kappa shape index (κ3) is 1.83. The van der Waals surface area contributed by atoms with Gasteiger partial charge in [-0.3, -0.25) is 0 Å². The topological polar surface area (TPSA) is 29.0 Å². The highest BCUT2D eigenvalue weighted by Gasteiger charge is 2.39. The summed E-state index contributed by atoms with van der Waals surface area (Å²) in [7, 11) is 0. The van der Waals surface area contributed by atoms with Crippen molar-refractivity contribution in [1.29, 1.82) is 0 Å². The van der Waals surface area contributed by atoms with Gasteiger partial charge in [-0.15, -0.1) is 12.4 Å². The lowest BCUT2D eigenvalue weighted by Gasteiger charge is -2.43. The van der Waals surface area contributed by atoms with E-state index in [1.165, 1.54) is 11.8 Å². The monoisotopic (exact) mass is 293 g/mol. The molecule has 2 N–H and O–H groups in total. The van der Waals surface area contributed by atoms with E-state index < -0.39 is 0 Å². The third-order valence-electron chi connectivity index (χ3n) is 4.29. The maximum absolute atomic E-state index is 13.5. The van der Waals surface area contributed by atoms with Crippen molar-refractivity contribution in [1.82, 2.24) is 9.88 Å². The molecule has 1 saturated heterocycles. The Kier molecular flexibility index (Phi) is 3.22. The van der Waals surface area contributed by atoms with Crippen LogP contribution in [-0.2, 0) is 5.54 Å². The standard InChI is InChI=1S/C15H16FN3.ClH/c16-11-3-4-13-12(10-11)18-15(5-7-17-8-6-15)14-2-1-9-19(13)14;/h1-4,9-10,17-18H,5-8H2;1H. The Hall–Kier alpha value is -1.52. The summed E-state index contributed by atoms with van der Waals surface area (Å²) >= 11 is 0. The molecule has 106 valence electrons. The van der Waals surface area contributed by atoms with Crippen LogP contribution >= 0.6 is 12.4 Å². The van der Waals surface area contributed by atoms with Gasteiger partial charge >= 0.3 is 0 Å². The van der Waals surface area contributed by atoms with Crippen molar-refractivity contribution in [2.24, 2.45) is 0 Å². The molecular weight excluding hydrogens is 277 g/mol. The zero-order valence-corrected chi connectivity index (χ0v) is 11.8. The summed E-state index contributed by atoms with van der Waals surface area (Å²) in [4.78, 5) is 0. The summed E-state index contributed by atoms with van der Waals surface area (Å²) in [5.41, 5.74) is 3.15. The summed E-state index contributed by atoms with van der Waals surface area (Å²) < 4.78 is 15.7. The maximum atomic E-state index is 13.5. The van der Waals surface area contributed by atoms with Crippen molar-refractivity contribution in [3.05, 3.63) is 48.0 Å². The highest BCUT2D eigenvalue weighted by Crippen LogP contribution is 2.42. The largest absolute Gasteiger partial charge is 0.372 e. The van der Waals surface area contributed by atoms with E-state index in [0.717, 1.165) is 37.3 Å². The van der Waals surface area contributed by atoms with Crippen molar-refractivity contribution in [3.63, 3.8) is 0 Å². The number of piperidine rings is 1. The SMILES string of the molecule is Cl.Fc1ccc2c(c1)NC1(CCNCC1)c1cccn1-2. The van der Waals surface area contributed by atoms with Crippen LogP contribution in [0.15, 0.2) is 36.5 Å². The first kappa shape index (κ1) is 13.5. The number of nitrogens with one attached hydrogen (secondary N) is 2. The van der Waals surface area contributed by atoms with E-state index >= 15 is 0 Å². The van der Waals surface area contributed by atoms with Crippen molar-refractivity contribution in [2.45, 2.75) is 18.4 Å². The first-order chi connectivity index (χ1) is 9.28. The second kappa shape index (κ2) is 4.79. The molecule has 1 aromatic heterocycles. The molecule has 4 rings (SSSR count). The summed E-state index contributed by atoms with van der Waals surface area (Å²) in [6, 6.07) is 9.20. The van der Waals surface area contributed by atoms with E-state index in [-0.39, 0.29) is 23.8 Å². The van der Waals surface area contributed by atoms with E-state index in [4.69, 9.17) is 0 Å². The Labute approximate surface area is 123 Å². The van der Waals surface area contributed by atoms with Crippen LogP contribution in [0.4, 0.5) is 10.1 Å². The highest BCUT2D eigenvalue weighted by molar-refractivity contribution is 5.85. The molecule has 2 aliphatic heterocycles. The van der Waals surface area contributed by atoms with Crippen molar-refractivity contribution in [3.8, 4) is 5.69 Å². The molecule has 0 amide bonds. The predicted octanol–water partition coefficient (Wildman–Crippen LogP) is 3.04. The summed E-state index contributed by atoms with van der Waals surface area (Å²) in [5, 5.41) is 6.99. The predicted molar refractivity (Wildman–Crippen MR) is 80.4 cm³/mol. The molecular formula is C15H17ClFN3. The Morgan fingerprint density at radius 2 is 1.95 bits per heavy atom. The minimum atomic E-state index is -0.189. The Morgan fingerprint density at radius 3 is 2.75 bits per heavy atom. The number of hydrogen-bond donors (Lipinski definition) is 2. The van der Waals surface area contributed by atoms with Crippen LogP contribution in [0.1, 0.15) is 18.5 Å². The van der Waals surface area contributed by atoms with Crippen LogP contribution in [0.5, 0.6) is 0 Å². The first-order valence-electron chi connectivity index (χ1n) is 6.75. The highest BCUT2D eigenvalue weighted by atomic mass is 35.5. The van der Waals surface area contributed by atoms with Gasteiger partial charge in [0.15, 0.2) is 0 Å². The van der Waals surface area contributed by atoms with Gasteiger partial charge in [-0.1, -0.05) is 0 Å². The van der Waals surface area contributed by atoms with E-state index in [1.807, 2.05) is 6.07 Å². The van der Waals surface area contributed by atoms with Gasteiger partial charge in [0.25, 0.3) is 0 Å². The van der Waals surface area contributed by atoms with E-state index in [1.54, 1.807) is 6.07 Å². The summed E-state index contributed by atoms with van der Waals surface area (Å²) in [6.45, 7) is 1.98. The summed E-state index contributed by atoms with van der Waals surface area (Å²) in [5.74, 6) is -0.189. The number of hydrogen-bond acceptors (Lipinski definition) is 2. The number of fused-ring (bicyclic) bond motifs is 4. The maximum Gasteiger partial charge on any atom is 0.125 e. The van der Waals surface area contributed by atoms with E-state index in [9.17, 15) is 4.39 Å². The zero-order chi connectivity index (χ0) is 12.9. The Balaban J connectivity index is 0.00000121. The number of anilines is 1. The lowest BCUT2D eigenvalue weighted by molar-refractivity contribution is 0.330. The molecule has 0 aliphatic carbocycles. The third-order valence-corrected chi connectivity index (χ3v) is 4.29. The Bertz CT molecular complexity index is 632. The molecule has 2 aliphatic rings. The second-order valence-corrected chi connectivity index (χ2v) is 5.38. The molecule has 1 aromatic carbocycles. The summed E-state index contributed by atoms with van der Waals surface area (Å²) in [6.07, 6.45) is 4.11. The van der Waals surface area contributed by atoms with Crippen LogP contribution in [0.3, 0.4) is 0 Å². The van der Waals surface area contributed by atoms with Crippen LogP contribution in [0.25, 0.3) is 5.69 Å². The van der Waals surface area contributed by atoms with Gasteiger partial charge < -0.3 is 15.2 Å². The fourth-order valence-electron chi connectivity index (χ4n) is 3.36. The molecule has 5 heteroatoms. The molecule has 3 heterocycles. The van der Waals surface area contributed by atoms with Gasteiger partial charge in [-0.2, -0.15) is 0 Å². The quantitative estimate of drug-likeness (QED) is 0.782. The van der Waals surface area contributed by atoms with E-state index in [0.29, 0.717) is 0 Å². The number of rotatable bonds is 0. The molecule has 20 heavy (non-hydrogen) atoms. The molecule has 3 nitrogen and oxygen atoms in total. The number of benzene rings is 1.